The Kier molecular flexibility index (Phi) is 2.82. The van der Waals surface area contributed by atoms with Crippen LogP contribution < -0.4 is 0 Å². The highest BCUT2D eigenvalue weighted by atomic mass is 79.9. The van der Waals surface area contributed by atoms with E-state index in [1.807, 2.05) is 4.90 Å². The summed E-state index contributed by atoms with van der Waals surface area (Å²) >= 11 is 3.58. The summed E-state index contributed by atoms with van der Waals surface area (Å²) in [5.74, 6) is 0.605. The minimum atomic E-state index is -0.918. The smallest absolute Gasteiger partial charge is 0.231 e. The lowest BCUT2D eigenvalue weighted by Crippen LogP contribution is -2.46. The van der Waals surface area contributed by atoms with Crippen molar-refractivity contribution < 1.29 is 9.18 Å². The van der Waals surface area contributed by atoms with Gasteiger partial charge in [0.2, 0.25) is 5.91 Å². The lowest BCUT2D eigenvalue weighted by molar-refractivity contribution is -0.138. The van der Waals surface area contributed by atoms with E-state index in [0.717, 1.165) is 19.5 Å². The predicted octanol–water partition coefficient (Wildman–Crippen LogP) is 2.37. The summed E-state index contributed by atoms with van der Waals surface area (Å²) < 4.78 is 13.1. The third-order valence-electron chi connectivity index (χ3n) is 3.78. The molecule has 1 saturated carbocycles. The number of amides is 1. The maximum atomic E-state index is 13.1. The van der Waals surface area contributed by atoms with E-state index in [0.29, 0.717) is 17.2 Å². The standard InChI is InChI=1S/C11H17BrFNO/c1-7-3-4-14(6-8(7)12)10(15)11(2)5-9(11)13/h7-9H,3-6H2,1-2H3. The first-order valence-electron chi connectivity index (χ1n) is 5.52. The first-order chi connectivity index (χ1) is 6.95. The second-order valence-corrected chi connectivity index (χ2v) is 6.30. The van der Waals surface area contributed by atoms with Gasteiger partial charge in [0, 0.05) is 17.9 Å². The molecule has 0 aromatic rings. The molecule has 1 saturated heterocycles. The first kappa shape index (κ1) is 11.4. The van der Waals surface area contributed by atoms with Gasteiger partial charge >= 0.3 is 0 Å². The van der Waals surface area contributed by atoms with Crippen molar-refractivity contribution in [1.82, 2.24) is 4.90 Å². The van der Waals surface area contributed by atoms with Crippen LogP contribution in [0.2, 0.25) is 0 Å². The Morgan fingerprint density at radius 1 is 1.60 bits per heavy atom. The molecular formula is C11H17BrFNO. The molecule has 1 aliphatic heterocycles. The number of nitrogens with zero attached hydrogens (tertiary/aromatic N) is 1. The molecule has 2 nitrogen and oxygen atoms in total. The molecule has 4 heteroatoms. The number of hydrogen-bond acceptors (Lipinski definition) is 1. The van der Waals surface area contributed by atoms with E-state index in [1.54, 1.807) is 6.92 Å². The van der Waals surface area contributed by atoms with E-state index >= 15 is 0 Å². The van der Waals surface area contributed by atoms with Gasteiger partial charge in [-0.2, -0.15) is 0 Å². The van der Waals surface area contributed by atoms with Gasteiger partial charge in [-0.05, 0) is 25.7 Å². The van der Waals surface area contributed by atoms with E-state index in [4.69, 9.17) is 0 Å². The molecule has 0 bridgehead atoms. The Hall–Kier alpha value is -0.120. The van der Waals surface area contributed by atoms with Gasteiger partial charge in [-0.15, -0.1) is 0 Å². The highest BCUT2D eigenvalue weighted by Crippen LogP contribution is 2.50. The van der Waals surface area contributed by atoms with E-state index in [1.165, 1.54) is 0 Å². The van der Waals surface area contributed by atoms with Crippen molar-refractivity contribution in [1.29, 1.82) is 0 Å². The number of carbonyl (C=O) groups excluding carboxylic acids is 1. The maximum Gasteiger partial charge on any atom is 0.231 e. The van der Waals surface area contributed by atoms with Crippen molar-refractivity contribution in [2.45, 2.75) is 37.7 Å². The molecule has 1 heterocycles. The number of likely N-dealkylation sites (tertiary alicyclic amines) is 1. The van der Waals surface area contributed by atoms with Crippen LogP contribution in [0.3, 0.4) is 0 Å². The number of alkyl halides is 2. The average Bonchev–Trinajstić information content (AvgIpc) is 2.80. The fraction of sp³-hybridized carbons (Fsp3) is 0.909. The van der Waals surface area contributed by atoms with Crippen LogP contribution >= 0.6 is 15.9 Å². The van der Waals surface area contributed by atoms with E-state index in [-0.39, 0.29) is 5.91 Å². The van der Waals surface area contributed by atoms with Gasteiger partial charge in [0.25, 0.3) is 0 Å². The van der Waals surface area contributed by atoms with Gasteiger partial charge in [0.1, 0.15) is 6.17 Å². The number of carbonyl (C=O) groups is 1. The van der Waals surface area contributed by atoms with Gasteiger partial charge in [-0.3, -0.25) is 4.79 Å². The second kappa shape index (κ2) is 3.72. The molecule has 0 N–H and O–H groups in total. The second-order valence-electron chi connectivity index (χ2n) is 5.12. The number of rotatable bonds is 1. The predicted molar refractivity (Wildman–Crippen MR) is 60.7 cm³/mol. The Morgan fingerprint density at radius 3 is 2.67 bits per heavy atom. The fourth-order valence-corrected chi connectivity index (χ4v) is 2.72. The molecule has 1 amide bonds. The molecule has 2 rings (SSSR count). The van der Waals surface area contributed by atoms with Crippen molar-refractivity contribution in [2.75, 3.05) is 13.1 Å². The molecule has 0 spiro atoms. The van der Waals surface area contributed by atoms with E-state index < -0.39 is 11.6 Å². The number of hydrogen-bond donors (Lipinski definition) is 0. The van der Waals surface area contributed by atoms with Gasteiger partial charge < -0.3 is 4.90 Å². The Balaban J connectivity index is 1.98. The van der Waals surface area contributed by atoms with Crippen molar-refractivity contribution >= 4 is 21.8 Å². The first-order valence-corrected chi connectivity index (χ1v) is 6.44. The summed E-state index contributed by atoms with van der Waals surface area (Å²) in [7, 11) is 0. The summed E-state index contributed by atoms with van der Waals surface area (Å²) in [4.78, 5) is 14.2. The maximum absolute atomic E-state index is 13.1. The Morgan fingerprint density at radius 2 is 2.20 bits per heavy atom. The third-order valence-corrected chi connectivity index (χ3v) is 4.97. The quantitative estimate of drug-likeness (QED) is 0.674. The van der Waals surface area contributed by atoms with E-state index in [2.05, 4.69) is 22.9 Å². The van der Waals surface area contributed by atoms with Crippen LogP contribution in [-0.2, 0) is 4.79 Å². The molecule has 0 aromatic heterocycles. The highest BCUT2D eigenvalue weighted by Gasteiger charge is 2.58. The van der Waals surface area contributed by atoms with Gasteiger partial charge in [0.15, 0.2) is 0 Å². The topological polar surface area (TPSA) is 20.3 Å². The van der Waals surface area contributed by atoms with Gasteiger partial charge in [-0.25, -0.2) is 4.39 Å². The third kappa shape index (κ3) is 1.93. The monoisotopic (exact) mass is 277 g/mol. The van der Waals surface area contributed by atoms with Crippen molar-refractivity contribution in [3.63, 3.8) is 0 Å². The van der Waals surface area contributed by atoms with Crippen LogP contribution in [0.4, 0.5) is 4.39 Å². The largest absolute Gasteiger partial charge is 0.341 e. The lowest BCUT2D eigenvalue weighted by atomic mass is 9.97. The zero-order chi connectivity index (χ0) is 11.2. The van der Waals surface area contributed by atoms with Crippen LogP contribution in [0.15, 0.2) is 0 Å². The SMILES string of the molecule is CC1CCN(C(=O)C2(C)CC2F)CC1Br. The van der Waals surface area contributed by atoms with Crippen LogP contribution in [0.5, 0.6) is 0 Å². The van der Waals surface area contributed by atoms with E-state index in [9.17, 15) is 9.18 Å². The molecule has 4 unspecified atom stereocenters. The molecule has 2 aliphatic rings. The summed E-state index contributed by atoms with van der Waals surface area (Å²) in [6.07, 6.45) is 0.498. The summed E-state index contributed by atoms with van der Waals surface area (Å²) in [6, 6.07) is 0. The van der Waals surface area contributed by atoms with Crippen molar-refractivity contribution in [3.05, 3.63) is 0 Å². The van der Waals surface area contributed by atoms with Crippen LogP contribution in [-0.4, -0.2) is 34.9 Å². The molecular weight excluding hydrogens is 261 g/mol. The Bertz CT molecular complexity index is 286. The average molecular weight is 278 g/mol. The zero-order valence-electron chi connectivity index (χ0n) is 9.17. The minimum absolute atomic E-state index is 0.00588. The van der Waals surface area contributed by atoms with Gasteiger partial charge in [-0.1, -0.05) is 22.9 Å². The molecule has 2 fully saturated rings. The van der Waals surface area contributed by atoms with Crippen LogP contribution in [0.25, 0.3) is 0 Å². The molecule has 4 atom stereocenters. The zero-order valence-corrected chi connectivity index (χ0v) is 10.8. The number of piperidine rings is 1. The van der Waals surface area contributed by atoms with Crippen molar-refractivity contribution in [3.8, 4) is 0 Å². The Labute approximate surface area is 98.3 Å². The fourth-order valence-electron chi connectivity index (χ4n) is 2.10. The summed E-state index contributed by atoms with van der Waals surface area (Å²) in [6.45, 7) is 5.42. The summed E-state index contributed by atoms with van der Waals surface area (Å²) in [5, 5.41) is 0. The van der Waals surface area contributed by atoms with Gasteiger partial charge in [0.05, 0.1) is 5.41 Å². The van der Waals surface area contributed by atoms with Crippen LogP contribution in [0, 0.1) is 11.3 Å². The molecule has 86 valence electrons. The summed E-state index contributed by atoms with van der Waals surface area (Å²) in [5.41, 5.74) is -0.701. The molecule has 0 radical (unpaired) electrons. The molecule has 1 aliphatic carbocycles. The minimum Gasteiger partial charge on any atom is -0.341 e. The lowest BCUT2D eigenvalue weighted by Gasteiger charge is -2.35. The normalized spacial score (nSPS) is 45.3. The molecule has 15 heavy (non-hydrogen) atoms. The van der Waals surface area contributed by atoms with Crippen LogP contribution in [0.1, 0.15) is 26.7 Å². The number of halogens is 2. The van der Waals surface area contributed by atoms with Crippen molar-refractivity contribution in [2.24, 2.45) is 11.3 Å². The molecule has 0 aromatic carbocycles. The highest BCUT2D eigenvalue weighted by molar-refractivity contribution is 9.09.